The molecular formula is C13H19N3O5. The first-order valence-corrected chi connectivity index (χ1v) is 7.09. The number of alkyl carbamates (subject to hydrolysis) is 1. The summed E-state index contributed by atoms with van der Waals surface area (Å²) in [5, 5.41) is 4.66. The number of hydrogen-bond acceptors (Lipinski definition) is 5. The smallest absolute Gasteiger partial charge is 0.413 e. The first kappa shape index (κ1) is 15.3. The van der Waals surface area contributed by atoms with Gasteiger partial charge >= 0.3 is 12.1 Å². The molecule has 0 aromatic heterocycles. The van der Waals surface area contributed by atoms with E-state index in [1.165, 1.54) is 0 Å². The molecule has 5 amide bonds. The number of imide groups is 2. The zero-order valence-electron chi connectivity index (χ0n) is 11.9. The van der Waals surface area contributed by atoms with Crippen molar-refractivity contribution in [2.24, 2.45) is 0 Å². The van der Waals surface area contributed by atoms with Crippen molar-refractivity contribution in [3.63, 3.8) is 0 Å². The van der Waals surface area contributed by atoms with E-state index >= 15 is 0 Å². The van der Waals surface area contributed by atoms with Gasteiger partial charge in [0.15, 0.2) is 0 Å². The van der Waals surface area contributed by atoms with Crippen LogP contribution in [0.4, 0.5) is 9.59 Å². The van der Waals surface area contributed by atoms with E-state index in [9.17, 15) is 19.2 Å². The van der Waals surface area contributed by atoms with Crippen molar-refractivity contribution in [2.45, 2.75) is 44.6 Å². The molecular weight excluding hydrogens is 278 g/mol. The molecule has 2 N–H and O–H groups in total. The summed E-state index contributed by atoms with van der Waals surface area (Å²) in [4.78, 5) is 47.9. The lowest BCUT2D eigenvalue weighted by Gasteiger charge is -2.30. The molecule has 2 fully saturated rings. The van der Waals surface area contributed by atoms with E-state index in [1.807, 2.05) is 5.32 Å². The Morgan fingerprint density at radius 1 is 1.29 bits per heavy atom. The van der Waals surface area contributed by atoms with Crippen molar-refractivity contribution in [3.8, 4) is 0 Å². The maximum Gasteiger partial charge on any atom is 0.413 e. The predicted molar refractivity (Wildman–Crippen MR) is 71.2 cm³/mol. The molecule has 8 heteroatoms. The molecule has 0 aromatic rings. The summed E-state index contributed by atoms with van der Waals surface area (Å²) in [6.07, 6.45) is 3.07. The van der Waals surface area contributed by atoms with E-state index in [0.29, 0.717) is 12.8 Å². The molecule has 1 saturated carbocycles. The number of ether oxygens (including phenoxy) is 1. The summed E-state index contributed by atoms with van der Waals surface area (Å²) in [7, 11) is 0. The minimum absolute atomic E-state index is 0.130. The number of carbonyl (C=O) groups is 4. The third-order valence-electron chi connectivity index (χ3n) is 3.77. The monoisotopic (exact) mass is 297 g/mol. The molecule has 2 rings (SSSR count). The summed E-state index contributed by atoms with van der Waals surface area (Å²) in [5.74, 6) is -1.13. The maximum atomic E-state index is 12.4. The quantitative estimate of drug-likeness (QED) is 0.739. The zero-order chi connectivity index (χ0) is 15.5. The molecule has 1 heterocycles. The highest BCUT2D eigenvalue weighted by Crippen LogP contribution is 2.33. The number of urea groups is 1. The second-order valence-electron chi connectivity index (χ2n) is 5.23. The highest BCUT2D eigenvalue weighted by Gasteiger charge is 2.51. The standard InChI is InChI=1S/C13H19N3O5/c1-2-21-12(20)14-9(17)8-16-10(18)13(15-11(16)19)6-4-3-5-7-13/h2-8H2,1H3,(H,15,19)(H,14,17,20). The van der Waals surface area contributed by atoms with E-state index in [4.69, 9.17) is 0 Å². The van der Waals surface area contributed by atoms with Gasteiger partial charge in [0.05, 0.1) is 6.61 Å². The van der Waals surface area contributed by atoms with Gasteiger partial charge in [-0.25, -0.2) is 9.59 Å². The fourth-order valence-corrected chi connectivity index (χ4v) is 2.78. The Bertz CT molecular complexity index is 470. The predicted octanol–water partition coefficient (Wildman–Crippen LogP) is 0.514. The summed E-state index contributed by atoms with van der Waals surface area (Å²) in [6, 6.07) is -0.582. The van der Waals surface area contributed by atoms with Crippen LogP contribution in [0.25, 0.3) is 0 Å². The van der Waals surface area contributed by atoms with Crippen LogP contribution in [-0.4, -0.2) is 47.5 Å². The molecule has 0 atom stereocenters. The van der Waals surface area contributed by atoms with Gasteiger partial charge in [0.1, 0.15) is 12.1 Å². The fourth-order valence-electron chi connectivity index (χ4n) is 2.78. The summed E-state index contributed by atoms with van der Waals surface area (Å²) >= 11 is 0. The summed E-state index contributed by atoms with van der Waals surface area (Å²) < 4.78 is 4.57. The Morgan fingerprint density at radius 2 is 1.95 bits per heavy atom. The van der Waals surface area contributed by atoms with Crippen molar-refractivity contribution in [3.05, 3.63) is 0 Å². The van der Waals surface area contributed by atoms with Crippen molar-refractivity contribution in [1.82, 2.24) is 15.5 Å². The minimum Gasteiger partial charge on any atom is -0.450 e. The van der Waals surface area contributed by atoms with Gasteiger partial charge in [0.2, 0.25) is 5.91 Å². The largest absolute Gasteiger partial charge is 0.450 e. The average molecular weight is 297 g/mol. The van der Waals surface area contributed by atoms with Crippen LogP contribution in [0.3, 0.4) is 0 Å². The second-order valence-corrected chi connectivity index (χ2v) is 5.23. The molecule has 0 aromatic carbocycles. The van der Waals surface area contributed by atoms with E-state index in [0.717, 1.165) is 24.2 Å². The number of hydrogen-bond donors (Lipinski definition) is 2. The van der Waals surface area contributed by atoms with Gasteiger partial charge in [-0.3, -0.25) is 19.8 Å². The Morgan fingerprint density at radius 3 is 2.57 bits per heavy atom. The Kier molecular flexibility index (Phi) is 4.44. The molecule has 0 unspecified atom stereocenters. The van der Waals surface area contributed by atoms with Crippen molar-refractivity contribution in [2.75, 3.05) is 13.2 Å². The minimum atomic E-state index is -0.887. The van der Waals surface area contributed by atoms with Gasteiger partial charge in [0.25, 0.3) is 5.91 Å². The number of nitrogens with zero attached hydrogens (tertiary/aromatic N) is 1. The lowest BCUT2D eigenvalue weighted by atomic mass is 9.82. The van der Waals surface area contributed by atoms with E-state index in [1.54, 1.807) is 6.92 Å². The van der Waals surface area contributed by atoms with Gasteiger partial charge in [-0.15, -0.1) is 0 Å². The van der Waals surface area contributed by atoms with Crippen LogP contribution in [0.1, 0.15) is 39.0 Å². The zero-order valence-corrected chi connectivity index (χ0v) is 11.9. The highest BCUT2D eigenvalue weighted by atomic mass is 16.5. The summed E-state index contributed by atoms with van der Waals surface area (Å²) in [5.41, 5.74) is -0.862. The SMILES string of the molecule is CCOC(=O)NC(=O)CN1C(=O)NC2(CCCCC2)C1=O. The molecule has 2 aliphatic rings. The third kappa shape index (κ3) is 3.14. The molecule has 1 saturated heterocycles. The van der Waals surface area contributed by atoms with E-state index in [-0.39, 0.29) is 12.5 Å². The number of rotatable bonds is 3. The van der Waals surface area contributed by atoms with Gasteiger partial charge in [0, 0.05) is 0 Å². The number of nitrogens with one attached hydrogen (secondary N) is 2. The van der Waals surface area contributed by atoms with E-state index < -0.39 is 30.1 Å². The average Bonchev–Trinajstić information content (AvgIpc) is 2.64. The van der Waals surface area contributed by atoms with Crippen molar-refractivity contribution < 1.29 is 23.9 Å². The van der Waals surface area contributed by atoms with Gasteiger partial charge in [-0.05, 0) is 19.8 Å². The van der Waals surface area contributed by atoms with E-state index in [2.05, 4.69) is 10.1 Å². The van der Waals surface area contributed by atoms with Crippen LogP contribution in [-0.2, 0) is 14.3 Å². The lowest BCUT2D eigenvalue weighted by molar-refractivity contribution is -0.135. The molecule has 1 aliphatic heterocycles. The van der Waals surface area contributed by atoms with Crippen LogP contribution in [0, 0.1) is 0 Å². The van der Waals surface area contributed by atoms with Crippen molar-refractivity contribution in [1.29, 1.82) is 0 Å². The van der Waals surface area contributed by atoms with Gasteiger partial charge in [-0.2, -0.15) is 0 Å². The molecule has 0 radical (unpaired) electrons. The maximum absolute atomic E-state index is 12.4. The van der Waals surface area contributed by atoms with Gasteiger partial charge < -0.3 is 10.1 Å². The first-order valence-electron chi connectivity index (χ1n) is 7.09. The first-order chi connectivity index (χ1) is 9.98. The fraction of sp³-hybridized carbons (Fsp3) is 0.692. The molecule has 8 nitrogen and oxygen atoms in total. The van der Waals surface area contributed by atoms with Gasteiger partial charge in [-0.1, -0.05) is 19.3 Å². The van der Waals surface area contributed by atoms with Crippen LogP contribution in [0.2, 0.25) is 0 Å². The Labute approximate surface area is 122 Å². The molecule has 1 aliphatic carbocycles. The highest BCUT2D eigenvalue weighted by molar-refractivity contribution is 6.09. The normalized spacial score (nSPS) is 20.3. The Hall–Kier alpha value is -2.12. The number of carbonyl (C=O) groups excluding carboxylic acids is 4. The number of amides is 5. The second kappa shape index (κ2) is 6.11. The van der Waals surface area contributed by atoms with Crippen LogP contribution < -0.4 is 10.6 Å². The Balaban J connectivity index is 1.97. The van der Waals surface area contributed by atoms with Crippen LogP contribution >= 0.6 is 0 Å². The van der Waals surface area contributed by atoms with Crippen molar-refractivity contribution >= 4 is 23.9 Å². The van der Waals surface area contributed by atoms with Crippen LogP contribution in [0.15, 0.2) is 0 Å². The third-order valence-corrected chi connectivity index (χ3v) is 3.77. The molecule has 1 spiro atoms. The molecule has 0 bridgehead atoms. The molecule has 116 valence electrons. The summed E-state index contributed by atoms with van der Waals surface area (Å²) in [6.45, 7) is 1.25. The topological polar surface area (TPSA) is 105 Å². The lowest BCUT2D eigenvalue weighted by Crippen LogP contribution is -2.49. The van der Waals surface area contributed by atoms with Crippen LogP contribution in [0.5, 0.6) is 0 Å². The molecule has 21 heavy (non-hydrogen) atoms.